The molecule has 0 spiro atoms. The van der Waals surface area contributed by atoms with Crippen molar-refractivity contribution in [1.29, 1.82) is 0 Å². The van der Waals surface area contributed by atoms with Gasteiger partial charge in [-0.15, -0.1) is 11.3 Å². The van der Waals surface area contributed by atoms with Crippen LogP contribution in [0.15, 0.2) is 60.0 Å². The fourth-order valence-corrected chi connectivity index (χ4v) is 5.08. The molecule has 12 heteroatoms. The SMILES string of the molecule is CC.O=C(O)CC(NC(=O)c1ccc(N2CCCNCC2)c(NC(=O)c2cccc(C(F)(F)F)c2)c1)c1cccs1. The van der Waals surface area contributed by atoms with Gasteiger partial charge < -0.3 is 26.0 Å². The Balaban J connectivity index is 0.00000226. The van der Waals surface area contributed by atoms with Crippen LogP contribution in [0, 0.1) is 0 Å². The van der Waals surface area contributed by atoms with Crippen molar-refractivity contribution in [3.05, 3.63) is 81.5 Å². The molecule has 2 amide bonds. The highest BCUT2D eigenvalue weighted by Crippen LogP contribution is 2.32. The van der Waals surface area contributed by atoms with E-state index in [0.717, 1.165) is 31.2 Å². The number of carbonyl (C=O) groups excluding carboxylic acids is 2. The number of rotatable bonds is 8. The summed E-state index contributed by atoms with van der Waals surface area (Å²) in [6, 6.07) is 11.6. The molecule has 1 atom stereocenters. The first-order valence-corrected chi connectivity index (χ1v) is 14.1. The van der Waals surface area contributed by atoms with Crippen LogP contribution >= 0.6 is 11.3 Å². The minimum absolute atomic E-state index is 0.165. The number of hydrogen-bond donors (Lipinski definition) is 4. The Kier molecular flexibility index (Phi) is 11.3. The second kappa shape index (κ2) is 14.6. The third-order valence-corrected chi connectivity index (χ3v) is 7.20. The van der Waals surface area contributed by atoms with Gasteiger partial charge in [0.25, 0.3) is 11.8 Å². The number of amides is 2. The van der Waals surface area contributed by atoms with E-state index in [4.69, 9.17) is 0 Å². The number of anilines is 2. The van der Waals surface area contributed by atoms with Crippen molar-refractivity contribution in [2.45, 2.75) is 38.9 Å². The third-order valence-electron chi connectivity index (χ3n) is 6.21. The number of alkyl halides is 3. The van der Waals surface area contributed by atoms with Gasteiger partial charge >= 0.3 is 12.1 Å². The molecule has 4 rings (SSSR count). The number of benzene rings is 2. The van der Waals surface area contributed by atoms with Crippen LogP contribution in [0.3, 0.4) is 0 Å². The zero-order valence-corrected chi connectivity index (χ0v) is 23.6. The Hall–Kier alpha value is -3.90. The number of carboxylic acids is 1. The van der Waals surface area contributed by atoms with E-state index in [-0.39, 0.29) is 23.2 Å². The zero-order valence-electron chi connectivity index (χ0n) is 22.8. The third kappa shape index (κ3) is 8.79. The quantitative estimate of drug-likeness (QED) is 0.264. The van der Waals surface area contributed by atoms with Gasteiger partial charge in [-0.05, 0) is 60.8 Å². The number of aliphatic carboxylic acids is 1. The summed E-state index contributed by atoms with van der Waals surface area (Å²) in [5, 5.41) is 19.8. The van der Waals surface area contributed by atoms with Crippen molar-refractivity contribution in [2.75, 3.05) is 36.4 Å². The lowest BCUT2D eigenvalue weighted by molar-refractivity contribution is -0.138. The van der Waals surface area contributed by atoms with Gasteiger partial charge in [-0.2, -0.15) is 13.2 Å². The molecule has 1 unspecified atom stereocenters. The molecule has 1 fully saturated rings. The summed E-state index contributed by atoms with van der Waals surface area (Å²) in [4.78, 5) is 40.3. The minimum atomic E-state index is -4.60. The van der Waals surface area contributed by atoms with Gasteiger partial charge in [0.05, 0.1) is 29.4 Å². The highest BCUT2D eigenvalue weighted by atomic mass is 32.1. The van der Waals surface area contributed by atoms with Crippen molar-refractivity contribution >= 4 is 40.5 Å². The first kappa shape index (κ1) is 31.6. The predicted octanol–water partition coefficient (Wildman–Crippen LogP) is 5.79. The van der Waals surface area contributed by atoms with E-state index in [0.29, 0.717) is 30.2 Å². The molecule has 0 radical (unpaired) electrons. The van der Waals surface area contributed by atoms with Gasteiger partial charge in [0.1, 0.15) is 0 Å². The Morgan fingerprint density at radius 3 is 2.44 bits per heavy atom. The normalized spacial score (nSPS) is 14.2. The van der Waals surface area contributed by atoms with Crippen molar-refractivity contribution in [3.63, 3.8) is 0 Å². The fourth-order valence-electron chi connectivity index (χ4n) is 4.30. The van der Waals surface area contributed by atoms with Crippen LogP contribution < -0.4 is 20.9 Å². The number of carbonyl (C=O) groups is 3. The van der Waals surface area contributed by atoms with Crippen LogP contribution in [0.1, 0.15) is 63.9 Å². The van der Waals surface area contributed by atoms with Gasteiger partial charge in [-0.3, -0.25) is 14.4 Å². The Bertz CT molecular complexity index is 1320. The summed E-state index contributed by atoms with van der Waals surface area (Å²) in [5.41, 5.74) is -0.0747. The van der Waals surface area contributed by atoms with Crippen molar-refractivity contribution in [3.8, 4) is 0 Å². The summed E-state index contributed by atoms with van der Waals surface area (Å²) in [6.07, 6.45) is -4.08. The zero-order chi connectivity index (χ0) is 30.0. The summed E-state index contributed by atoms with van der Waals surface area (Å²) in [7, 11) is 0. The lowest BCUT2D eigenvalue weighted by Crippen LogP contribution is -2.31. The molecular weight excluding hydrogens is 557 g/mol. The number of thiophene rings is 1. The van der Waals surface area contributed by atoms with Crippen LogP contribution in [0.25, 0.3) is 0 Å². The molecule has 0 saturated carbocycles. The Morgan fingerprint density at radius 2 is 1.76 bits per heavy atom. The van der Waals surface area contributed by atoms with E-state index in [1.165, 1.54) is 23.5 Å². The topological polar surface area (TPSA) is 111 Å². The number of nitrogens with zero attached hydrogens (tertiary/aromatic N) is 1. The van der Waals surface area contributed by atoms with Gasteiger partial charge in [-0.25, -0.2) is 0 Å². The highest BCUT2D eigenvalue weighted by molar-refractivity contribution is 7.10. The average Bonchev–Trinajstić information content (AvgIpc) is 3.36. The molecule has 0 aliphatic carbocycles. The van der Waals surface area contributed by atoms with E-state index < -0.39 is 35.6 Å². The van der Waals surface area contributed by atoms with Gasteiger partial charge in [0, 0.05) is 35.6 Å². The van der Waals surface area contributed by atoms with Crippen LogP contribution in [0.2, 0.25) is 0 Å². The highest BCUT2D eigenvalue weighted by Gasteiger charge is 2.31. The maximum absolute atomic E-state index is 13.2. The summed E-state index contributed by atoms with van der Waals surface area (Å²) < 4.78 is 39.6. The summed E-state index contributed by atoms with van der Waals surface area (Å²) in [5.74, 6) is -2.38. The predicted molar refractivity (Wildman–Crippen MR) is 154 cm³/mol. The molecule has 2 heterocycles. The fraction of sp³-hybridized carbons (Fsp3) is 0.345. The molecule has 4 N–H and O–H groups in total. The smallest absolute Gasteiger partial charge is 0.416 e. The average molecular weight is 591 g/mol. The number of carboxylic acid groups (broad SMARTS) is 1. The molecular formula is C29H33F3N4O4S. The molecule has 1 saturated heterocycles. The van der Waals surface area contributed by atoms with Gasteiger partial charge in [0.2, 0.25) is 0 Å². The van der Waals surface area contributed by atoms with Crippen LogP contribution in [-0.4, -0.2) is 49.1 Å². The molecule has 1 aliphatic heterocycles. The van der Waals surface area contributed by atoms with Crippen LogP contribution in [0.5, 0.6) is 0 Å². The lowest BCUT2D eigenvalue weighted by Gasteiger charge is -2.26. The lowest BCUT2D eigenvalue weighted by atomic mass is 10.1. The van der Waals surface area contributed by atoms with E-state index in [9.17, 15) is 32.7 Å². The molecule has 1 aromatic heterocycles. The van der Waals surface area contributed by atoms with Crippen LogP contribution in [0.4, 0.5) is 24.5 Å². The molecule has 41 heavy (non-hydrogen) atoms. The Morgan fingerprint density at radius 1 is 1.00 bits per heavy atom. The maximum Gasteiger partial charge on any atom is 0.416 e. The molecule has 220 valence electrons. The first-order valence-electron chi connectivity index (χ1n) is 13.3. The molecule has 3 aromatic rings. The second-order valence-corrected chi connectivity index (χ2v) is 9.97. The van der Waals surface area contributed by atoms with Crippen LogP contribution in [-0.2, 0) is 11.0 Å². The van der Waals surface area contributed by atoms with Crippen molar-refractivity contribution < 1.29 is 32.7 Å². The molecule has 2 aromatic carbocycles. The van der Waals surface area contributed by atoms with Gasteiger partial charge in [0.15, 0.2) is 0 Å². The Labute approximate surface area is 240 Å². The molecule has 8 nitrogen and oxygen atoms in total. The van der Waals surface area contributed by atoms with E-state index in [1.54, 1.807) is 29.6 Å². The van der Waals surface area contributed by atoms with E-state index in [2.05, 4.69) is 16.0 Å². The van der Waals surface area contributed by atoms with Gasteiger partial charge in [-0.1, -0.05) is 26.0 Å². The second-order valence-electron chi connectivity index (χ2n) is 8.99. The monoisotopic (exact) mass is 590 g/mol. The summed E-state index contributed by atoms with van der Waals surface area (Å²) >= 11 is 1.32. The number of nitrogens with one attached hydrogen (secondary N) is 3. The van der Waals surface area contributed by atoms with E-state index >= 15 is 0 Å². The maximum atomic E-state index is 13.2. The van der Waals surface area contributed by atoms with Crippen molar-refractivity contribution in [1.82, 2.24) is 10.6 Å². The first-order chi connectivity index (χ1) is 19.6. The molecule has 0 bridgehead atoms. The minimum Gasteiger partial charge on any atom is -0.481 e. The largest absolute Gasteiger partial charge is 0.481 e. The number of halogens is 3. The van der Waals surface area contributed by atoms with E-state index in [1.807, 2.05) is 18.7 Å². The summed E-state index contributed by atoms with van der Waals surface area (Å²) in [6.45, 7) is 6.80. The number of hydrogen-bond acceptors (Lipinski definition) is 6. The molecule has 1 aliphatic rings. The van der Waals surface area contributed by atoms with Crippen molar-refractivity contribution in [2.24, 2.45) is 0 Å². The standard InChI is InChI=1S/C27H27F3N4O4S.C2H6/c28-27(29,30)19-5-1-4-17(14-19)25(37)32-20-15-18(7-8-22(20)34-11-3-9-31-10-12-34)26(38)33-21(16-24(35)36)23-6-2-13-39-23;1-2/h1-2,4-8,13-15,21,31H,3,9-12,16H2,(H,32,37)(H,33,38)(H,35,36);1-2H3.